The van der Waals surface area contributed by atoms with Crippen molar-refractivity contribution in [1.29, 1.82) is 0 Å². The predicted molar refractivity (Wildman–Crippen MR) is 49.6 cm³/mol. The van der Waals surface area contributed by atoms with E-state index in [1.54, 1.807) is 6.33 Å². The first-order chi connectivity index (χ1) is 5.59. The molecule has 0 saturated carbocycles. The molecule has 2 N–H and O–H groups in total. The molecule has 1 atom stereocenters. The molecule has 1 aromatic heterocycles. The molecular weight excluding hydrogens is 150 g/mol. The van der Waals surface area contributed by atoms with Gasteiger partial charge in [-0.15, -0.1) is 0 Å². The summed E-state index contributed by atoms with van der Waals surface area (Å²) in [5.41, 5.74) is 6.93. The molecule has 0 radical (unpaired) electrons. The van der Waals surface area contributed by atoms with E-state index in [9.17, 15) is 0 Å². The summed E-state index contributed by atoms with van der Waals surface area (Å²) in [5, 5.41) is 0. The average Bonchev–Trinajstić information content (AvgIpc) is 2.34. The maximum absolute atomic E-state index is 5.93. The Kier molecular flexibility index (Phi) is 2.87. The first-order valence-electron chi connectivity index (χ1n) is 4.33. The molecule has 0 aliphatic heterocycles. The Hall–Kier alpha value is -0.830. The fourth-order valence-electron chi connectivity index (χ4n) is 1.25. The molecule has 1 unspecified atom stereocenters. The summed E-state index contributed by atoms with van der Waals surface area (Å²) in [6, 6.07) is 0.0891. The van der Waals surface area contributed by atoms with Crippen molar-refractivity contribution in [3.8, 4) is 0 Å². The van der Waals surface area contributed by atoms with Gasteiger partial charge in [0.05, 0.1) is 12.0 Å². The number of imidazole rings is 1. The largest absolute Gasteiger partial charge is 0.340 e. The summed E-state index contributed by atoms with van der Waals surface area (Å²) in [4.78, 5) is 4.21. The van der Waals surface area contributed by atoms with E-state index in [0.29, 0.717) is 5.92 Å². The SMILES string of the molecule is CC(C)CC(N)c1cn(C)cn1. The zero-order valence-electron chi connectivity index (χ0n) is 7.99. The third-order valence-electron chi connectivity index (χ3n) is 1.83. The Balaban J connectivity index is 2.58. The van der Waals surface area contributed by atoms with E-state index >= 15 is 0 Å². The number of nitrogens with zero attached hydrogens (tertiary/aromatic N) is 2. The van der Waals surface area contributed by atoms with Gasteiger partial charge in [-0.25, -0.2) is 4.98 Å². The topological polar surface area (TPSA) is 43.8 Å². The number of hydrogen-bond acceptors (Lipinski definition) is 2. The summed E-state index contributed by atoms with van der Waals surface area (Å²) < 4.78 is 1.93. The van der Waals surface area contributed by atoms with E-state index in [1.807, 2.05) is 17.8 Å². The summed E-state index contributed by atoms with van der Waals surface area (Å²) in [5.74, 6) is 0.627. The Morgan fingerprint density at radius 1 is 1.58 bits per heavy atom. The van der Waals surface area contributed by atoms with Crippen LogP contribution in [0.5, 0.6) is 0 Å². The molecule has 0 amide bonds. The number of hydrogen-bond donors (Lipinski definition) is 1. The smallest absolute Gasteiger partial charge is 0.0947 e. The van der Waals surface area contributed by atoms with Crippen molar-refractivity contribution < 1.29 is 0 Å². The van der Waals surface area contributed by atoms with E-state index < -0.39 is 0 Å². The van der Waals surface area contributed by atoms with Gasteiger partial charge in [-0.1, -0.05) is 13.8 Å². The van der Waals surface area contributed by atoms with Crippen LogP contribution in [-0.2, 0) is 7.05 Å². The molecular formula is C9H17N3. The fraction of sp³-hybridized carbons (Fsp3) is 0.667. The van der Waals surface area contributed by atoms with Crippen LogP contribution in [0.15, 0.2) is 12.5 Å². The van der Waals surface area contributed by atoms with E-state index in [2.05, 4.69) is 18.8 Å². The first kappa shape index (κ1) is 9.26. The van der Waals surface area contributed by atoms with Crippen molar-refractivity contribution in [1.82, 2.24) is 9.55 Å². The first-order valence-corrected chi connectivity index (χ1v) is 4.33. The highest BCUT2D eigenvalue weighted by atomic mass is 15.0. The quantitative estimate of drug-likeness (QED) is 0.740. The lowest BCUT2D eigenvalue weighted by Crippen LogP contribution is -2.13. The van der Waals surface area contributed by atoms with E-state index in [4.69, 9.17) is 5.73 Å². The molecule has 68 valence electrons. The maximum atomic E-state index is 5.93. The van der Waals surface area contributed by atoms with Crippen LogP contribution in [0, 0.1) is 5.92 Å². The highest BCUT2D eigenvalue weighted by molar-refractivity contribution is 5.02. The minimum Gasteiger partial charge on any atom is -0.340 e. The Morgan fingerprint density at radius 2 is 2.25 bits per heavy atom. The zero-order valence-corrected chi connectivity index (χ0v) is 7.99. The van der Waals surface area contributed by atoms with Crippen molar-refractivity contribution in [3.05, 3.63) is 18.2 Å². The third-order valence-corrected chi connectivity index (χ3v) is 1.83. The molecule has 0 aliphatic rings. The second-order valence-corrected chi connectivity index (χ2v) is 3.70. The van der Waals surface area contributed by atoms with E-state index in [1.165, 1.54) is 0 Å². The van der Waals surface area contributed by atoms with Gasteiger partial charge in [-0.2, -0.15) is 0 Å². The minimum atomic E-state index is 0.0891. The molecule has 0 saturated heterocycles. The average molecular weight is 167 g/mol. The molecule has 1 aromatic rings. The van der Waals surface area contributed by atoms with Gasteiger partial charge in [0.15, 0.2) is 0 Å². The Bertz CT molecular complexity index is 240. The summed E-state index contributed by atoms with van der Waals surface area (Å²) in [6.07, 6.45) is 4.76. The molecule has 12 heavy (non-hydrogen) atoms. The van der Waals surface area contributed by atoms with Gasteiger partial charge < -0.3 is 10.3 Å². The van der Waals surface area contributed by atoms with Crippen LogP contribution in [0.3, 0.4) is 0 Å². The van der Waals surface area contributed by atoms with Crippen LogP contribution in [0.4, 0.5) is 0 Å². The van der Waals surface area contributed by atoms with Crippen LogP contribution in [0.25, 0.3) is 0 Å². The number of aryl methyl sites for hydroxylation is 1. The molecule has 3 heteroatoms. The van der Waals surface area contributed by atoms with Gasteiger partial charge in [-0.05, 0) is 12.3 Å². The van der Waals surface area contributed by atoms with Crippen LogP contribution in [0.1, 0.15) is 32.0 Å². The molecule has 0 fully saturated rings. The van der Waals surface area contributed by atoms with Crippen molar-refractivity contribution in [3.63, 3.8) is 0 Å². The van der Waals surface area contributed by atoms with Gasteiger partial charge in [0.25, 0.3) is 0 Å². The summed E-state index contributed by atoms with van der Waals surface area (Å²) in [6.45, 7) is 4.34. The van der Waals surface area contributed by atoms with Crippen molar-refractivity contribution in [2.45, 2.75) is 26.3 Å². The molecule has 1 rings (SSSR count). The monoisotopic (exact) mass is 167 g/mol. The van der Waals surface area contributed by atoms with Crippen LogP contribution in [-0.4, -0.2) is 9.55 Å². The number of rotatable bonds is 3. The second kappa shape index (κ2) is 3.72. The van der Waals surface area contributed by atoms with Gasteiger partial charge in [-0.3, -0.25) is 0 Å². The van der Waals surface area contributed by atoms with Crippen molar-refractivity contribution >= 4 is 0 Å². The molecule has 0 aliphatic carbocycles. The lowest BCUT2D eigenvalue weighted by Gasteiger charge is -2.10. The standard InChI is InChI=1S/C9H17N3/c1-7(2)4-8(10)9-5-12(3)6-11-9/h5-8H,4,10H2,1-3H3. The Labute approximate surface area is 73.6 Å². The van der Waals surface area contributed by atoms with Crippen LogP contribution >= 0.6 is 0 Å². The minimum absolute atomic E-state index is 0.0891. The lowest BCUT2D eigenvalue weighted by molar-refractivity contribution is 0.503. The van der Waals surface area contributed by atoms with Crippen molar-refractivity contribution in [2.24, 2.45) is 18.7 Å². The van der Waals surface area contributed by atoms with E-state index in [-0.39, 0.29) is 6.04 Å². The molecule has 0 aromatic carbocycles. The third kappa shape index (κ3) is 2.34. The molecule has 3 nitrogen and oxygen atoms in total. The molecule has 0 bridgehead atoms. The lowest BCUT2D eigenvalue weighted by atomic mass is 10.0. The Morgan fingerprint density at radius 3 is 2.67 bits per heavy atom. The van der Waals surface area contributed by atoms with E-state index in [0.717, 1.165) is 12.1 Å². The number of nitrogens with two attached hydrogens (primary N) is 1. The van der Waals surface area contributed by atoms with Crippen LogP contribution < -0.4 is 5.73 Å². The summed E-state index contributed by atoms with van der Waals surface area (Å²) >= 11 is 0. The van der Waals surface area contributed by atoms with Crippen molar-refractivity contribution in [2.75, 3.05) is 0 Å². The second-order valence-electron chi connectivity index (χ2n) is 3.70. The highest BCUT2D eigenvalue weighted by Crippen LogP contribution is 2.15. The summed E-state index contributed by atoms with van der Waals surface area (Å²) in [7, 11) is 1.96. The van der Waals surface area contributed by atoms with Gasteiger partial charge >= 0.3 is 0 Å². The molecule has 0 spiro atoms. The fourth-order valence-corrected chi connectivity index (χ4v) is 1.25. The highest BCUT2D eigenvalue weighted by Gasteiger charge is 2.09. The predicted octanol–water partition coefficient (Wildman–Crippen LogP) is 1.47. The van der Waals surface area contributed by atoms with Gasteiger partial charge in [0, 0.05) is 19.3 Å². The zero-order chi connectivity index (χ0) is 9.14. The van der Waals surface area contributed by atoms with Gasteiger partial charge in [0.1, 0.15) is 0 Å². The number of aromatic nitrogens is 2. The normalized spacial score (nSPS) is 13.8. The molecule has 1 heterocycles. The van der Waals surface area contributed by atoms with Crippen LogP contribution in [0.2, 0.25) is 0 Å². The van der Waals surface area contributed by atoms with Gasteiger partial charge in [0.2, 0.25) is 0 Å². The maximum Gasteiger partial charge on any atom is 0.0947 e.